The van der Waals surface area contributed by atoms with Crippen molar-refractivity contribution in [3.05, 3.63) is 0 Å². The molecule has 0 amide bonds. The molecule has 0 aromatic carbocycles. The maximum absolute atomic E-state index is 8.44. The molecule has 4 N–H and O–H groups in total. The van der Waals surface area contributed by atoms with Crippen LogP contribution in [0, 0.1) is 0 Å². The van der Waals surface area contributed by atoms with E-state index in [1.807, 2.05) is 0 Å². The first-order chi connectivity index (χ1) is 1.73. The van der Waals surface area contributed by atoms with Gasteiger partial charge in [-0.1, -0.05) is 0 Å². The fourth-order valence-corrected chi connectivity index (χ4v) is 0. The molecule has 0 saturated carbocycles. The van der Waals surface area contributed by atoms with E-state index in [9.17, 15) is 0 Å². The summed E-state index contributed by atoms with van der Waals surface area (Å²) < 4.78 is 25.3. The van der Waals surface area contributed by atoms with Crippen molar-refractivity contribution in [1.29, 1.82) is 0 Å². The van der Waals surface area contributed by atoms with Crippen molar-refractivity contribution < 1.29 is 35.7 Å². The Labute approximate surface area is 53.5 Å². The van der Waals surface area contributed by atoms with Crippen LogP contribution < -0.4 is 6.15 Å². The molecule has 0 unspecified atom stereocenters. The molecule has 0 bridgehead atoms. The van der Waals surface area contributed by atoms with E-state index in [1.165, 1.54) is 0 Å². The summed E-state index contributed by atoms with van der Waals surface area (Å²) in [5.74, 6) is 0. The van der Waals surface area contributed by atoms with Gasteiger partial charge in [-0.2, -0.15) is 0 Å². The fourth-order valence-electron chi connectivity index (χ4n) is 0. The van der Waals surface area contributed by atoms with Gasteiger partial charge in [0.05, 0.1) is 0 Å². The van der Waals surface area contributed by atoms with Gasteiger partial charge in [0.1, 0.15) is 0 Å². The minimum absolute atomic E-state index is 0. The second-order valence-corrected chi connectivity index (χ2v) is 0.612. The molecule has 0 aromatic heterocycles. The first-order valence-electron chi connectivity index (χ1n) is 0.500. The topological polar surface area (TPSA) is 99.7 Å². The predicted octanol–water partition coefficient (Wildman–Crippen LogP) is -0.630. The normalized spacial score (nSPS) is 5.83. The summed E-state index contributed by atoms with van der Waals surface area (Å²) in [6, 6.07) is 0. The molecule has 0 radical (unpaired) electrons. The van der Waals surface area contributed by atoms with Gasteiger partial charge in [0.15, 0.2) is 0 Å². The van der Waals surface area contributed by atoms with Crippen LogP contribution in [0.5, 0.6) is 0 Å². The smallest absolute Gasteiger partial charge is 0.784 e. The molecule has 0 aliphatic carbocycles. The van der Waals surface area contributed by atoms with E-state index in [1.54, 1.807) is 0 Å². The van der Waals surface area contributed by atoms with Crippen molar-refractivity contribution in [2.24, 2.45) is 0 Å². The summed E-state index contributed by atoms with van der Waals surface area (Å²) in [5, 5.41) is 0. The fraction of sp³-hybridized carbons (Fsp3) is 0. The molecule has 6 heavy (non-hydrogen) atoms. The van der Waals surface area contributed by atoms with E-state index < -0.39 is 11.4 Å². The average Bonchev–Trinajstić information content (AvgIpc) is 0.811. The largest absolute Gasteiger partial charge is 1.00 e. The predicted molar refractivity (Wildman–Crippen MR) is 15.7 cm³/mol. The van der Waals surface area contributed by atoms with Crippen LogP contribution in [0.4, 0.5) is 0 Å². The molecule has 0 rings (SSSR count). The van der Waals surface area contributed by atoms with Crippen LogP contribution in [0.15, 0.2) is 0 Å². The van der Waals surface area contributed by atoms with Crippen molar-refractivity contribution in [1.82, 2.24) is 6.15 Å². The van der Waals surface area contributed by atoms with Gasteiger partial charge in [0.25, 0.3) is 0 Å². The molecular formula is H4AuNO3S. The maximum Gasteiger partial charge on any atom is 1.00 e. The van der Waals surface area contributed by atoms with Crippen LogP contribution in [-0.2, 0) is 33.7 Å². The Morgan fingerprint density at radius 1 is 1.33 bits per heavy atom. The Bertz CT molecular complexity index is 33.8. The van der Waals surface area contributed by atoms with Crippen molar-refractivity contribution in [3.8, 4) is 0 Å². The molecule has 0 fully saturated rings. The zero-order valence-corrected chi connectivity index (χ0v) is 5.92. The standard InChI is InChI=1S/Au.H3N.H2O3S/c;;1-4(2)3/h;1H3;(H2,1,2,3)/q+1;;/p-1. The molecule has 0 saturated heterocycles. The number of hydrogen-bond acceptors (Lipinski definition) is 3. The van der Waals surface area contributed by atoms with Crippen LogP contribution in [0.25, 0.3) is 0 Å². The summed E-state index contributed by atoms with van der Waals surface area (Å²) >= 11 is -3.11. The molecule has 4 nitrogen and oxygen atoms in total. The molecular weight excluding hydrogens is 291 g/mol. The van der Waals surface area contributed by atoms with Gasteiger partial charge in [-0.15, -0.1) is 11.4 Å². The maximum atomic E-state index is 8.44. The van der Waals surface area contributed by atoms with Crippen LogP contribution >= 0.6 is 0 Å². The Morgan fingerprint density at radius 3 is 1.33 bits per heavy atom. The summed E-state index contributed by atoms with van der Waals surface area (Å²) in [4.78, 5) is 0. The minimum atomic E-state index is -3.11. The SMILES string of the molecule is O=S([O-])[O-].[Au+].[NH4+]. The molecule has 0 aliphatic rings. The summed E-state index contributed by atoms with van der Waals surface area (Å²) in [7, 11) is 0. The van der Waals surface area contributed by atoms with Crippen molar-refractivity contribution in [3.63, 3.8) is 0 Å². The van der Waals surface area contributed by atoms with Crippen LogP contribution in [0.3, 0.4) is 0 Å². The number of hydrogen-bond donors (Lipinski definition) is 1. The average molecular weight is 295 g/mol. The van der Waals surface area contributed by atoms with Gasteiger partial charge in [-0.05, 0) is 0 Å². The zero-order valence-electron chi connectivity index (χ0n) is 2.93. The van der Waals surface area contributed by atoms with Gasteiger partial charge < -0.3 is 15.3 Å². The van der Waals surface area contributed by atoms with E-state index in [4.69, 9.17) is 13.3 Å². The third kappa shape index (κ3) is 114. The first kappa shape index (κ1) is 15.9. The van der Waals surface area contributed by atoms with Crippen LogP contribution in [0.1, 0.15) is 0 Å². The molecule has 6 heteroatoms. The van der Waals surface area contributed by atoms with Gasteiger partial charge in [0.2, 0.25) is 0 Å². The van der Waals surface area contributed by atoms with E-state index >= 15 is 0 Å². The van der Waals surface area contributed by atoms with Gasteiger partial charge in [-0.25, -0.2) is 0 Å². The summed E-state index contributed by atoms with van der Waals surface area (Å²) in [6.45, 7) is 0. The van der Waals surface area contributed by atoms with E-state index in [-0.39, 0.29) is 28.5 Å². The summed E-state index contributed by atoms with van der Waals surface area (Å²) in [6.07, 6.45) is 0. The van der Waals surface area contributed by atoms with Crippen LogP contribution in [0.2, 0.25) is 0 Å². The van der Waals surface area contributed by atoms with Crippen molar-refractivity contribution >= 4 is 11.4 Å². The third-order valence-electron chi connectivity index (χ3n) is 0. The van der Waals surface area contributed by atoms with E-state index in [2.05, 4.69) is 0 Å². The molecule has 0 aromatic rings. The van der Waals surface area contributed by atoms with Crippen molar-refractivity contribution in [2.75, 3.05) is 0 Å². The van der Waals surface area contributed by atoms with Gasteiger partial charge >= 0.3 is 22.4 Å². The van der Waals surface area contributed by atoms with E-state index in [0.29, 0.717) is 0 Å². The third-order valence-corrected chi connectivity index (χ3v) is 0. The molecule has 0 atom stereocenters. The van der Waals surface area contributed by atoms with Crippen molar-refractivity contribution in [2.45, 2.75) is 0 Å². The molecule has 0 aliphatic heterocycles. The number of rotatable bonds is 0. The number of quaternary nitrogens is 1. The van der Waals surface area contributed by atoms with Gasteiger partial charge in [0, 0.05) is 0 Å². The molecule has 0 heterocycles. The molecule has 44 valence electrons. The second kappa shape index (κ2) is 9.24. The van der Waals surface area contributed by atoms with Gasteiger partial charge in [-0.3, -0.25) is 4.21 Å². The Morgan fingerprint density at radius 2 is 1.33 bits per heavy atom. The Hall–Kier alpha value is 0.770. The Balaban J connectivity index is -0.0000000450. The minimum Gasteiger partial charge on any atom is -0.784 e. The zero-order chi connectivity index (χ0) is 3.58. The van der Waals surface area contributed by atoms with E-state index in [0.717, 1.165) is 0 Å². The second-order valence-electron chi connectivity index (χ2n) is 0.204. The first-order valence-corrected chi connectivity index (χ1v) is 1.50. The summed E-state index contributed by atoms with van der Waals surface area (Å²) in [5.41, 5.74) is 0. The quantitative estimate of drug-likeness (QED) is 0.475. The Kier molecular flexibility index (Phi) is 24.4. The molecule has 0 spiro atoms. The monoisotopic (exact) mass is 295 g/mol. The van der Waals surface area contributed by atoms with Crippen LogP contribution in [-0.4, -0.2) is 13.3 Å².